The van der Waals surface area contributed by atoms with Gasteiger partial charge in [-0.25, -0.2) is 0 Å². The summed E-state index contributed by atoms with van der Waals surface area (Å²) >= 11 is 0. The summed E-state index contributed by atoms with van der Waals surface area (Å²) < 4.78 is 12.1. The molecule has 0 radical (unpaired) electrons. The van der Waals surface area contributed by atoms with E-state index in [0.29, 0.717) is 0 Å². The summed E-state index contributed by atoms with van der Waals surface area (Å²) in [5.74, 6) is 5.54. The van der Waals surface area contributed by atoms with Gasteiger partial charge in [-0.1, -0.05) is 84.5 Å². The lowest BCUT2D eigenvalue weighted by molar-refractivity contribution is 0.187. The van der Waals surface area contributed by atoms with E-state index in [4.69, 9.17) is 9.47 Å². The highest BCUT2D eigenvalue weighted by Crippen LogP contribution is 2.36. The predicted octanol–water partition coefficient (Wildman–Crippen LogP) is 8.83. The Balaban J connectivity index is 1.30. The van der Waals surface area contributed by atoms with Gasteiger partial charge in [-0.05, 0) is 73.6 Å². The van der Waals surface area contributed by atoms with Crippen molar-refractivity contribution in [2.45, 2.75) is 110 Å². The Morgan fingerprint density at radius 2 is 1.32 bits per heavy atom. The number of hydrogen-bond donors (Lipinski definition) is 0. The number of benzene rings is 1. The van der Waals surface area contributed by atoms with Crippen molar-refractivity contribution < 1.29 is 9.47 Å². The summed E-state index contributed by atoms with van der Waals surface area (Å²) in [4.78, 5) is 0. The van der Waals surface area contributed by atoms with Gasteiger partial charge in [0, 0.05) is 0 Å². The molecule has 0 saturated heterocycles. The van der Waals surface area contributed by atoms with Gasteiger partial charge in [0.05, 0.1) is 13.2 Å². The van der Waals surface area contributed by atoms with Crippen molar-refractivity contribution in [3.8, 4) is 11.5 Å². The predicted molar refractivity (Wildman–Crippen MR) is 132 cm³/mol. The molecule has 3 rings (SSSR count). The van der Waals surface area contributed by atoms with Crippen molar-refractivity contribution >= 4 is 0 Å². The van der Waals surface area contributed by atoms with Gasteiger partial charge in [0.2, 0.25) is 0 Å². The van der Waals surface area contributed by atoms with E-state index in [1.807, 2.05) is 0 Å². The van der Waals surface area contributed by atoms with Gasteiger partial charge in [0.15, 0.2) is 0 Å². The van der Waals surface area contributed by atoms with Gasteiger partial charge < -0.3 is 9.47 Å². The van der Waals surface area contributed by atoms with Crippen LogP contribution in [0.3, 0.4) is 0 Å². The van der Waals surface area contributed by atoms with Crippen LogP contribution in [0.5, 0.6) is 11.5 Å². The molecule has 2 nitrogen and oxygen atoms in total. The zero-order valence-electron chi connectivity index (χ0n) is 20.5. The third-order valence-electron chi connectivity index (χ3n) is 7.93. The van der Waals surface area contributed by atoms with Gasteiger partial charge in [0.1, 0.15) is 11.5 Å². The van der Waals surface area contributed by atoms with E-state index in [9.17, 15) is 0 Å². The zero-order valence-corrected chi connectivity index (χ0v) is 20.5. The second-order valence-electron chi connectivity index (χ2n) is 10.6. The summed E-state index contributed by atoms with van der Waals surface area (Å²) in [5.41, 5.74) is 0. The Morgan fingerprint density at radius 3 is 1.97 bits per heavy atom. The van der Waals surface area contributed by atoms with Gasteiger partial charge in [-0.3, -0.25) is 0 Å². The molecule has 0 bridgehead atoms. The fourth-order valence-electron chi connectivity index (χ4n) is 5.76. The second kappa shape index (κ2) is 14.1. The molecular formula is C29H48O2. The van der Waals surface area contributed by atoms with Gasteiger partial charge in [-0.15, -0.1) is 0 Å². The van der Waals surface area contributed by atoms with Gasteiger partial charge >= 0.3 is 0 Å². The van der Waals surface area contributed by atoms with Crippen LogP contribution in [0.2, 0.25) is 0 Å². The van der Waals surface area contributed by atoms with Crippen LogP contribution < -0.4 is 9.47 Å². The first-order valence-corrected chi connectivity index (χ1v) is 13.6. The van der Waals surface area contributed by atoms with Crippen LogP contribution in [0.25, 0.3) is 0 Å². The molecule has 2 unspecified atom stereocenters. The van der Waals surface area contributed by atoms with Crippen LogP contribution in [0.1, 0.15) is 110 Å². The first-order valence-electron chi connectivity index (χ1n) is 13.6. The SMILES string of the molecule is CCCCCCC1CCCCC1CCCOc1ccc(OCC2CCC(C)CC2)cc1. The van der Waals surface area contributed by atoms with E-state index in [1.54, 1.807) is 0 Å². The quantitative estimate of drug-likeness (QED) is 0.292. The first-order chi connectivity index (χ1) is 15.2. The molecule has 1 aromatic carbocycles. The van der Waals surface area contributed by atoms with Crippen LogP contribution >= 0.6 is 0 Å². The lowest BCUT2D eigenvalue weighted by Gasteiger charge is -2.31. The van der Waals surface area contributed by atoms with Crippen LogP contribution in [0.15, 0.2) is 24.3 Å². The fraction of sp³-hybridized carbons (Fsp3) is 0.793. The van der Waals surface area contributed by atoms with E-state index in [-0.39, 0.29) is 0 Å². The zero-order chi connectivity index (χ0) is 21.7. The summed E-state index contributed by atoms with van der Waals surface area (Å²) in [6, 6.07) is 8.31. The highest BCUT2D eigenvalue weighted by molar-refractivity contribution is 5.31. The minimum atomic E-state index is 0.738. The molecule has 2 aliphatic rings. The minimum absolute atomic E-state index is 0.738. The number of ether oxygens (including phenoxy) is 2. The van der Waals surface area contributed by atoms with Crippen molar-refractivity contribution in [3.63, 3.8) is 0 Å². The highest BCUT2D eigenvalue weighted by atomic mass is 16.5. The van der Waals surface area contributed by atoms with Crippen molar-refractivity contribution in [2.75, 3.05) is 13.2 Å². The standard InChI is InChI=1S/C29H48O2/c1-3-4-5-6-10-26-11-7-8-12-27(26)13-9-22-30-28-18-20-29(21-19-28)31-23-25-16-14-24(2)15-17-25/h18-21,24-27H,3-17,22-23H2,1-2H3. The molecule has 1 aromatic rings. The Morgan fingerprint density at radius 1 is 0.710 bits per heavy atom. The minimum Gasteiger partial charge on any atom is -0.494 e. The lowest BCUT2D eigenvalue weighted by Crippen LogP contribution is -2.20. The lowest BCUT2D eigenvalue weighted by atomic mass is 9.74. The molecular weight excluding hydrogens is 380 g/mol. The topological polar surface area (TPSA) is 18.5 Å². The maximum Gasteiger partial charge on any atom is 0.119 e. The molecule has 0 amide bonds. The van der Waals surface area contributed by atoms with Crippen molar-refractivity contribution in [2.24, 2.45) is 23.7 Å². The third kappa shape index (κ3) is 9.07. The largest absolute Gasteiger partial charge is 0.494 e. The van der Waals surface area contributed by atoms with Gasteiger partial charge in [0.25, 0.3) is 0 Å². The Labute approximate surface area is 192 Å². The van der Waals surface area contributed by atoms with Crippen LogP contribution in [0.4, 0.5) is 0 Å². The average Bonchev–Trinajstić information content (AvgIpc) is 2.81. The summed E-state index contributed by atoms with van der Waals surface area (Å²) in [7, 11) is 0. The summed E-state index contributed by atoms with van der Waals surface area (Å²) in [6.45, 7) is 6.40. The summed E-state index contributed by atoms with van der Waals surface area (Å²) in [6.07, 6.45) is 20.8. The second-order valence-corrected chi connectivity index (χ2v) is 10.6. The van der Waals surface area contributed by atoms with E-state index >= 15 is 0 Å². The monoisotopic (exact) mass is 428 g/mol. The van der Waals surface area contributed by atoms with E-state index in [0.717, 1.165) is 48.4 Å². The Hall–Kier alpha value is -1.18. The number of rotatable bonds is 13. The fourth-order valence-corrected chi connectivity index (χ4v) is 5.76. The Bertz CT molecular complexity index is 573. The van der Waals surface area contributed by atoms with Crippen LogP contribution in [-0.4, -0.2) is 13.2 Å². The molecule has 2 saturated carbocycles. The third-order valence-corrected chi connectivity index (χ3v) is 7.93. The Kier molecular flexibility index (Phi) is 11.1. The molecule has 0 aliphatic heterocycles. The van der Waals surface area contributed by atoms with Crippen molar-refractivity contribution in [1.82, 2.24) is 0 Å². The maximum atomic E-state index is 6.05. The average molecular weight is 429 g/mol. The first kappa shape index (κ1) is 24.5. The van der Waals surface area contributed by atoms with Crippen molar-refractivity contribution in [3.05, 3.63) is 24.3 Å². The summed E-state index contributed by atoms with van der Waals surface area (Å²) in [5, 5.41) is 0. The molecule has 0 N–H and O–H groups in total. The molecule has 2 atom stereocenters. The molecule has 176 valence electrons. The van der Waals surface area contributed by atoms with E-state index in [1.165, 1.54) is 96.3 Å². The highest BCUT2D eigenvalue weighted by Gasteiger charge is 2.24. The molecule has 0 spiro atoms. The molecule has 0 heterocycles. The van der Waals surface area contributed by atoms with E-state index in [2.05, 4.69) is 38.1 Å². The normalized spacial score (nSPS) is 26.5. The molecule has 2 heteroatoms. The van der Waals surface area contributed by atoms with Crippen LogP contribution in [-0.2, 0) is 0 Å². The number of hydrogen-bond acceptors (Lipinski definition) is 2. The molecule has 31 heavy (non-hydrogen) atoms. The number of unbranched alkanes of at least 4 members (excludes halogenated alkanes) is 3. The van der Waals surface area contributed by atoms with Crippen LogP contribution in [0, 0.1) is 23.7 Å². The van der Waals surface area contributed by atoms with Gasteiger partial charge in [-0.2, -0.15) is 0 Å². The van der Waals surface area contributed by atoms with Crippen molar-refractivity contribution in [1.29, 1.82) is 0 Å². The maximum absolute atomic E-state index is 6.05. The smallest absolute Gasteiger partial charge is 0.119 e. The molecule has 2 fully saturated rings. The molecule has 2 aliphatic carbocycles. The molecule has 0 aromatic heterocycles. The van der Waals surface area contributed by atoms with E-state index < -0.39 is 0 Å².